The summed E-state index contributed by atoms with van der Waals surface area (Å²) in [4.78, 5) is 28.0. The van der Waals surface area contributed by atoms with Crippen LogP contribution in [0.5, 0.6) is 0 Å². The first kappa shape index (κ1) is 20.4. The van der Waals surface area contributed by atoms with Crippen LogP contribution in [0.4, 0.5) is 18.0 Å². The van der Waals surface area contributed by atoms with E-state index in [0.717, 1.165) is 4.57 Å². The van der Waals surface area contributed by atoms with Crippen molar-refractivity contribution in [3.8, 4) is 0 Å². The van der Waals surface area contributed by atoms with Crippen molar-refractivity contribution >= 4 is 12.0 Å². The smallest absolute Gasteiger partial charge is 0.444 e. The molecule has 3 heterocycles. The average molecular weight is 403 g/mol. The van der Waals surface area contributed by atoms with Crippen LogP contribution < -0.4 is 0 Å². The predicted octanol–water partition coefficient (Wildman–Crippen LogP) is 2.29. The highest BCUT2D eigenvalue weighted by molar-refractivity contribution is 5.79. The molecule has 0 unspecified atom stereocenters. The van der Waals surface area contributed by atoms with Gasteiger partial charge in [0.25, 0.3) is 0 Å². The van der Waals surface area contributed by atoms with E-state index in [1.165, 1.54) is 4.90 Å². The number of rotatable bonds is 1. The summed E-state index contributed by atoms with van der Waals surface area (Å²) in [6.45, 7) is 6.40. The summed E-state index contributed by atoms with van der Waals surface area (Å²) in [6.07, 6.45) is -3.97. The number of amides is 2. The molecule has 1 aromatic heterocycles. The molecule has 0 radical (unpaired) electrons. The fraction of sp³-hybridized carbons (Fsp3) is 0.765. The summed E-state index contributed by atoms with van der Waals surface area (Å²) in [7, 11) is 0. The van der Waals surface area contributed by atoms with E-state index in [4.69, 9.17) is 4.74 Å². The molecule has 0 spiro atoms. The third-order valence-electron chi connectivity index (χ3n) is 4.81. The fourth-order valence-electron chi connectivity index (χ4n) is 3.45. The van der Waals surface area contributed by atoms with Gasteiger partial charge in [-0.3, -0.25) is 4.79 Å². The van der Waals surface area contributed by atoms with Crippen molar-refractivity contribution in [2.75, 3.05) is 19.6 Å². The zero-order chi connectivity index (χ0) is 20.7. The lowest BCUT2D eigenvalue weighted by molar-refractivity contribution is -0.148. The van der Waals surface area contributed by atoms with Crippen LogP contribution in [-0.4, -0.2) is 61.8 Å². The molecular weight excluding hydrogens is 379 g/mol. The van der Waals surface area contributed by atoms with Gasteiger partial charge in [-0.1, -0.05) is 0 Å². The zero-order valence-corrected chi connectivity index (χ0v) is 16.1. The normalized spacial score (nSPS) is 18.8. The first-order valence-corrected chi connectivity index (χ1v) is 9.21. The second kappa shape index (κ2) is 7.25. The predicted molar refractivity (Wildman–Crippen MR) is 91.0 cm³/mol. The van der Waals surface area contributed by atoms with Gasteiger partial charge in [0, 0.05) is 32.1 Å². The van der Waals surface area contributed by atoms with Crippen molar-refractivity contribution in [3.63, 3.8) is 0 Å². The highest BCUT2D eigenvalue weighted by Crippen LogP contribution is 2.30. The summed E-state index contributed by atoms with van der Waals surface area (Å²) < 4.78 is 45.1. The van der Waals surface area contributed by atoms with Crippen LogP contribution in [0.3, 0.4) is 0 Å². The van der Waals surface area contributed by atoms with Crippen LogP contribution >= 0.6 is 0 Å². The van der Waals surface area contributed by atoms with Crippen molar-refractivity contribution in [3.05, 3.63) is 11.6 Å². The van der Waals surface area contributed by atoms with E-state index in [1.54, 1.807) is 25.7 Å². The van der Waals surface area contributed by atoms with Gasteiger partial charge in [0.1, 0.15) is 5.60 Å². The van der Waals surface area contributed by atoms with Gasteiger partial charge in [0.05, 0.1) is 6.54 Å². The van der Waals surface area contributed by atoms with E-state index in [2.05, 4.69) is 10.2 Å². The van der Waals surface area contributed by atoms with Crippen molar-refractivity contribution in [1.29, 1.82) is 0 Å². The molecule has 2 aliphatic rings. The van der Waals surface area contributed by atoms with Gasteiger partial charge in [0.15, 0.2) is 5.82 Å². The van der Waals surface area contributed by atoms with E-state index >= 15 is 0 Å². The Morgan fingerprint density at radius 1 is 1.00 bits per heavy atom. The van der Waals surface area contributed by atoms with Crippen LogP contribution in [0.1, 0.15) is 45.3 Å². The standard InChI is InChI=1S/C17H24F3N5O3/c1-16(2,3)28-15(27)23-6-4-11(5-7-23)13(26)24-8-9-25-12(10-24)21-22-14(25)17(18,19)20/h11H,4-10H2,1-3H3. The number of aromatic nitrogens is 3. The van der Waals surface area contributed by atoms with Crippen LogP contribution in [0.25, 0.3) is 0 Å². The van der Waals surface area contributed by atoms with Gasteiger partial charge in [-0.2, -0.15) is 13.2 Å². The first-order chi connectivity index (χ1) is 13.0. The minimum absolute atomic E-state index is 0.00813. The maximum Gasteiger partial charge on any atom is 0.451 e. The number of ether oxygens (including phenoxy) is 1. The molecule has 1 aromatic rings. The largest absolute Gasteiger partial charge is 0.451 e. The maximum atomic E-state index is 12.9. The lowest BCUT2D eigenvalue weighted by Crippen LogP contribution is -2.47. The molecule has 2 aliphatic heterocycles. The highest BCUT2D eigenvalue weighted by atomic mass is 19.4. The van der Waals surface area contributed by atoms with E-state index in [-0.39, 0.29) is 37.3 Å². The molecule has 0 aliphatic carbocycles. The van der Waals surface area contributed by atoms with E-state index in [1.807, 2.05) is 0 Å². The number of carbonyl (C=O) groups excluding carboxylic acids is 2. The van der Waals surface area contributed by atoms with Crippen LogP contribution in [0, 0.1) is 5.92 Å². The molecule has 3 rings (SSSR count). The maximum absolute atomic E-state index is 12.9. The summed E-state index contributed by atoms with van der Waals surface area (Å²) in [5.41, 5.74) is -0.581. The third kappa shape index (κ3) is 4.39. The number of hydrogen-bond acceptors (Lipinski definition) is 5. The number of nitrogens with zero attached hydrogens (tertiary/aromatic N) is 5. The molecule has 2 amide bonds. The first-order valence-electron chi connectivity index (χ1n) is 9.21. The van der Waals surface area contributed by atoms with Crippen molar-refractivity contribution in [1.82, 2.24) is 24.6 Å². The van der Waals surface area contributed by atoms with Crippen molar-refractivity contribution in [2.45, 2.75) is 58.5 Å². The minimum atomic E-state index is -4.56. The van der Waals surface area contributed by atoms with E-state index in [9.17, 15) is 22.8 Å². The Balaban J connectivity index is 1.57. The number of carbonyl (C=O) groups is 2. The number of halogens is 3. The van der Waals surface area contributed by atoms with Crippen molar-refractivity contribution in [2.24, 2.45) is 5.92 Å². The van der Waals surface area contributed by atoms with Gasteiger partial charge in [0.2, 0.25) is 11.7 Å². The van der Waals surface area contributed by atoms with Gasteiger partial charge in [-0.05, 0) is 33.6 Å². The van der Waals surface area contributed by atoms with Gasteiger partial charge < -0.3 is 19.1 Å². The molecule has 11 heteroatoms. The van der Waals surface area contributed by atoms with Gasteiger partial charge in [-0.15, -0.1) is 10.2 Å². The highest BCUT2D eigenvalue weighted by Gasteiger charge is 2.40. The Hall–Kier alpha value is -2.33. The Labute approximate surface area is 160 Å². The number of fused-ring (bicyclic) bond motifs is 1. The quantitative estimate of drug-likeness (QED) is 0.719. The molecule has 0 N–H and O–H groups in total. The Morgan fingerprint density at radius 3 is 2.21 bits per heavy atom. The van der Waals surface area contributed by atoms with Crippen LogP contribution in [-0.2, 0) is 28.8 Å². The third-order valence-corrected chi connectivity index (χ3v) is 4.81. The SMILES string of the molecule is CC(C)(C)OC(=O)N1CCC(C(=O)N2CCn3c(nnc3C(F)(F)F)C2)CC1. The minimum Gasteiger partial charge on any atom is -0.444 e. The molecule has 8 nitrogen and oxygen atoms in total. The fourth-order valence-corrected chi connectivity index (χ4v) is 3.45. The van der Waals surface area contributed by atoms with Crippen LogP contribution in [0.15, 0.2) is 0 Å². The molecule has 1 fully saturated rings. The summed E-state index contributed by atoms with van der Waals surface area (Å²) in [5, 5.41) is 6.83. The Kier molecular flexibility index (Phi) is 5.28. The van der Waals surface area contributed by atoms with Crippen molar-refractivity contribution < 1.29 is 27.5 Å². The second-order valence-corrected chi connectivity index (χ2v) is 8.09. The Bertz CT molecular complexity index is 748. The average Bonchev–Trinajstić information content (AvgIpc) is 3.03. The number of piperidine rings is 1. The molecule has 0 aromatic carbocycles. The van der Waals surface area contributed by atoms with Crippen LogP contribution in [0.2, 0.25) is 0 Å². The topological polar surface area (TPSA) is 80.6 Å². The lowest BCUT2D eigenvalue weighted by Gasteiger charge is -2.36. The molecule has 0 atom stereocenters. The molecular formula is C17H24F3N5O3. The molecule has 156 valence electrons. The van der Waals surface area contributed by atoms with E-state index < -0.39 is 23.7 Å². The number of likely N-dealkylation sites (tertiary alicyclic amines) is 1. The molecule has 28 heavy (non-hydrogen) atoms. The summed E-state index contributed by atoms with van der Waals surface area (Å²) in [5.74, 6) is -1.28. The summed E-state index contributed by atoms with van der Waals surface area (Å²) >= 11 is 0. The Morgan fingerprint density at radius 2 is 1.64 bits per heavy atom. The monoisotopic (exact) mass is 403 g/mol. The molecule has 0 bridgehead atoms. The number of hydrogen-bond donors (Lipinski definition) is 0. The lowest BCUT2D eigenvalue weighted by atomic mass is 9.95. The number of alkyl halides is 3. The molecule has 0 saturated carbocycles. The zero-order valence-electron chi connectivity index (χ0n) is 16.1. The molecule has 1 saturated heterocycles. The van der Waals surface area contributed by atoms with Gasteiger partial charge >= 0.3 is 12.3 Å². The van der Waals surface area contributed by atoms with E-state index in [0.29, 0.717) is 25.9 Å². The second-order valence-electron chi connectivity index (χ2n) is 8.09. The summed E-state index contributed by atoms with van der Waals surface area (Å²) in [6, 6.07) is 0. The van der Waals surface area contributed by atoms with Gasteiger partial charge in [-0.25, -0.2) is 4.79 Å².